The van der Waals surface area contributed by atoms with Crippen molar-refractivity contribution in [1.29, 1.82) is 0 Å². The lowest BCUT2D eigenvalue weighted by molar-refractivity contribution is 0.0543. The number of nitrogens with one attached hydrogen (secondary N) is 1. The van der Waals surface area contributed by atoms with Gasteiger partial charge >= 0.3 is 0 Å². The number of rotatable bonds is 4. The molecule has 4 rings (SSSR count). The van der Waals surface area contributed by atoms with E-state index in [9.17, 15) is 0 Å². The molecule has 1 aromatic heterocycles. The first-order chi connectivity index (χ1) is 11.8. The second-order valence-electron chi connectivity index (χ2n) is 6.17. The molecule has 126 valence electrons. The summed E-state index contributed by atoms with van der Waals surface area (Å²) in [7, 11) is 0. The molecule has 24 heavy (non-hydrogen) atoms. The van der Waals surface area contributed by atoms with Crippen LogP contribution in [0.5, 0.6) is 11.5 Å². The van der Waals surface area contributed by atoms with Crippen molar-refractivity contribution in [2.24, 2.45) is 0 Å². The van der Waals surface area contributed by atoms with Crippen molar-refractivity contribution in [1.82, 2.24) is 4.98 Å². The van der Waals surface area contributed by atoms with Gasteiger partial charge in [-0.3, -0.25) is 4.98 Å². The Balaban J connectivity index is 1.62. The number of hydrogen-bond acceptors (Lipinski definition) is 5. The van der Waals surface area contributed by atoms with Crippen LogP contribution in [0.3, 0.4) is 0 Å². The fraction of sp³-hybridized carbons (Fsp3) is 0.389. The molecule has 0 aliphatic carbocycles. The summed E-state index contributed by atoms with van der Waals surface area (Å²) < 4.78 is 16.6. The van der Waals surface area contributed by atoms with Crippen molar-refractivity contribution in [3.05, 3.63) is 47.2 Å². The van der Waals surface area contributed by atoms with Gasteiger partial charge in [-0.15, -0.1) is 0 Å². The lowest BCUT2D eigenvalue weighted by atomic mass is 9.74. The van der Waals surface area contributed by atoms with Crippen molar-refractivity contribution in [2.75, 3.05) is 31.9 Å². The van der Waals surface area contributed by atoms with Crippen LogP contribution in [0, 0.1) is 0 Å². The normalized spacial score (nSPS) is 18.4. The number of nitrogens with zero attached hydrogens (tertiary/aromatic N) is 1. The molecule has 0 atom stereocenters. The molecule has 2 aliphatic rings. The van der Waals surface area contributed by atoms with Crippen molar-refractivity contribution in [3.8, 4) is 11.5 Å². The molecule has 0 bridgehead atoms. The molecule has 0 unspecified atom stereocenters. The lowest BCUT2D eigenvalue weighted by Crippen LogP contribution is -2.40. The van der Waals surface area contributed by atoms with Crippen LogP contribution < -0.4 is 14.8 Å². The fourth-order valence-corrected chi connectivity index (χ4v) is 3.53. The molecular formula is C18H19ClN2O3. The van der Waals surface area contributed by atoms with Crippen molar-refractivity contribution in [3.63, 3.8) is 0 Å². The Hall–Kier alpha value is -1.98. The van der Waals surface area contributed by atoms with Gasteiger partial charge in [0.25, 0.3) is 0 Å². The number of fused-ring (bicyclic) bond motifs is 1. The predicted octanol–water partition coefficient (Wildman–Crippen LogP) is 3.62. The molecule has 0 radical (unpaired) electrons. The third-order valence-electron chi connectivity index (χ3n) is 4.82. The van der Waals surface area contributed by atoms with E-state index in [0.29, 0.717) is 11.8 Å². The minimum atomic E-state index is -0.0220. The van der Waals surface area contributed by atoms with E-state index in [2.05, 4.69) is 22.4 Å². The average Bonchev–Trinajstić information content (AvgIpc) is 3.10. The molecule has 1 fully saturated rings. The zero-order chi connectivity index (χ0) is 16.4. The summed E-state index contributed by atoms with van der Waals surface area (Å²) in [5.41, 5.74) is 2.12. The lowest BCUT2D eigenvalue weighted by Gasteiger charge is -2.38. The van der Waals surface area contributed by atoms with E-state index < -0.39 is 0 Å². The highest BCUT2D eigenvalue weighted by atomic mass is 35.5. The van der Waals surface area contributed by atoms with E-state index in [1.54, 1.807) is 12.4 Å². The van der Waals surface area contributed by atoms with Gasteiger partial charge < -0.3 is 19.5 Å². The topological polar surface area (TPSA) is 52.6 Å². The van der Waals surface area contributed by atoms with Crippen LogP contribution >= 0.6 is 11.6 Å². The second-order valence-corrected chi connectivity index (χ2v) is 6.58. The van der Waals surface area contributed by atoms with Crippen LogP contribution in [0.25, 0.3) is 0 Å². The summed E-state index contributed by atoms with van der Waals surface area (Å²) in [4.78, 5) is 4.03. The second kappa shape index (κ2) is 6.49. The highest BCUT2D eigenvalue weighted by Crippen LogP contribution is 2.41. The van der Waals surface area contributed by atoms with E-state index >= 15 is 0 Å². The van der Waals surface area contributed by atoms with Crippen molar-refractivity contribution < 1.29 is 14.2 Å². The molecule has 1 saturated heterocycles. The quantitative estimate of drug-likeness (QED) is 0.916. The van der Waals surface area contributed by atoms with Crippen molar-refractivity contribution in [2.45, 2.75) is 18.3 Å². The molecular weight excluding hydrogens is 328 g/mol. The van der Waals surface area contributed by atoms with Gasteiger partial charge in [-0.05, 0) is 36.6 Å². The minimum absolute atomic E-state index is 0.0220. The first kappa shape index (κ1) is 15.5. The summed E-state index contributed by atoms with van der Waals surface area (Å²) in [6.45, 7) is 2.57. The highest BCUT2D eigenvalue weighted by Gasteiger charge is 2.35. The zero-order valence-electron chi connectivity index (χ0n) is 13.3. The number of aromatic nitrogens is 1. The van der Waals surface area contributed by atoms with E-state index in [1.807, 2.05) is 12.1 Å². The number of hydrogen-bond donors (Lipinski definition) is 1. The third kappa shape index (κ3) is 2.89. The SMILES string of the molecule is Clc1cnccc1NCC1(c2ccc3c(c2)OCO3)CCOCC1. The number of ether oxygens (including phenoxy) is 3. The zero-order valence-corrected chi connectivity index (χ0v) is 14.0. The van der Waals surface area contributed by atoms with Crippen LogP contribution in [0.15, 0.2) is 36.7 Å². The Morgan fingerprint density at radius 3 is 2.79 bits per heavy atom. The van der Waals surface area contributed by atoms with Gasteiger partial charge in [0.1, 0.15) is 0 Å². The number of benzene rings is 1. The van der Waals surface area contributed by atoms with Gasteiger partial charge in [0.05, 0.1) is 10.7 Å². The van der Waals surface area contributed by atoms with Gasteiger partial charge in [0.2, 0.25) is 6.79 Å². The summed E-state index contributed by atoms with van der Waals surface area (Å²) >= 11 is 6.22. The van der Waals surface area contributed by atoms with E-state index in [-0.39, 0.29) is 5.41 Å². The minimum Gasteiger partial charge on any atom is -0.454 e. The van der Waals surface area contributed by atoms with Gasteiger partial charge in [-0.2, -0.15) is 0 Å². The Morgan fingerprint density at radius 1 is 1.12 bits per heavy atom. The highest BCUT2D eigenvalue weighted by molar-refractivity contribution is 6.33. The smallest absolute Gasteiger partial charge is 0.231 e. The monoisotopic (exact) mass is 346 g/mol. The Bertz CT molecular complexity index is 732. The molecule has 3 heterocycles. The first-order valence-electron chi connectivity index (χ1n) is 8.08. The number of pyridine rings is 1. The summed E-state index contributed by atoms with van der Waals surface area (Å²) in [6, 6.07) is 8.13. The molecule has 6 heteroatoms. The fourth-order valence-electron chi connectivity index (χ4n) is 3.34. The van der Waals surface area contributed by atoms with Crippen LogP contribution in [0.4, 0.5) is 5.69 Å². The summed E-state index contributed by atoms with van der Waals surface area (Å²) in [6.07, 6.45) is 5.29. The Labute approximate surface area is 145 Å². The van der Waals surface area contributed by atoms with Gasteiger partial charge in [0, 0.05) is 37.6 Å². The maximum atomic E-state index is 6.22. The molecule has 1 N–H and O–H groups in total. The van der Waals surface area contributed by atoms with E-state index in [4.69, 9.17) is 25.8 Å². The largest absolute Gasteiger partial charge is 0.454 e. The number of anilines is 1. The average molecular weight is 347 g/mol. The molecule has 2 aromatic rings. The molecule has 0 amide bonds. The standard InChI is InChI=1S/C18H19ClN2O3/c19-14-10-20-6-3-15(14)21-11-18(4-7-22-8-5-18)13-1-2-16-17(9-13)24-12-23-16/h1-3,6,9-10H,4-5,7-8,11-12H2,(H,20,21). The Morgan fingerprint density at radius 2 is 1.96 bits per heavy atom. The van der Waals surface area contributed by atoms with Gasteiger partial charge in [-0.1, -0.05) is 17.7 Å². The first-order valence-corrected chi connectivity index (χ1v) is 8.46. The maximum absolute atomic E-state index is 6.22. The van der Waals surface area contributed by atoms with Crippen LogP contribution in [-0.2, 0) is 10.2 Å². The van der Waals surface area contributed by atoms with Crippen LogP contribution in [-0.4, -0.2) is 31.5 Å². The van der Waals surface area contributed by atoms with Gasteiger partial charge in [0.15, 0.2) is 11.5 Å². The van der Waals surface area contributed by atoms with Crippen LogP contribution in [0.2, 0.25) is 5.02 Å². The molecule has 5 nitrogen and oxygen atoms in total. The molecule has 2 aliphatic heterocycles. The molecule has 1 aromatic carbocycles. The number of halogens is 1. The summed E-state index contributed by atoms with van der Waals surface area (Å²) in [5, 5.41) is 4.12. The summed E-state index contributed by atoms with van der Waals surface area (Å²) in [5.74, 6) is 1.63. The van der Waals surface area contributed by atoms with E-state index in [1.165, 1.54) is 5.56 Å². The Kier molecular flexibility index (Phi) is 4.21. The van der Waals surface area contributed by atoms with E-state index in [0.717, 1.165) is 49.8 Å². The molecule has 0 spiro atoms. The van der Waals surface area contributed by atoms with Gasteiger partial charge in [-0.25, -0.2) is 0 Å². The third-order valence-corrected chi connectivity index (χ3v) is 5.13. The molecule has 0 saturated carbocycles. The maximum Gasteiger partial charge on any atom is 0.231 e. The predicted molar refractivity (Wildman–Crippen MR) is 92.0 cm³/mol. The van der Waals surface area contributed by atoms with Crippen molar-refractivity contribution >= 4 is 17.3 Å². The van der Waals surface area contributed by atoms with Crippen LogP contribution in [0.1, 0.15) is 18.4 Å².